The molecule has 1 aromatic rings. The van der Waals surface area contributed by atoms with Crippen molar-refractivity contribution in [2.75, 3.05) is 18.5 Å². The zero-order chi connectivity index (χ0) is 15.3. The molecule has 0 aromatic carbocycles. The quantitative estimate of drug-likeness (QED) is 0.750. The first-order valence-electron chi connectivity index (χ1n) is 7.13. The number of carboxylic acids is 1. The van der Waals surface area contributed by atoms with Crippen LogP contribution in [0.2, 0.25) is 0 Å². The van der Waals surface area contributed by atoms with E-state index in [1.165, 1.54) is 6.20 Å². The third-order valence-corrected chi connectivity index (χ3v) is 3.86. The summed E-state index contributed by atoms with van der Waals surface area (Å²) in [5.74, 6) is -0.514. The van der Waals surface area contributed by atoms with Crippen LogP contribution in [0.25, 0.3) is 0 Å². The molecule has 1 aromatic heterocycles. The van der Waals surface area contributed by atoms with Gasteiger partial charge in [-0.1, -0.05) is 6.42 Å². The topological polar surface area (TPSA) is 88.5 Å². The average Bonchev–Trinajstić information content (AvgIpc) is 2.42. The van der Waals surface area contributed by atoms with Crippen molar-refractivity contribution in [1.82, 2.24) is 4.98 Å². The number of aromatic nitrogens is 1. The van der Waals surface area contributed by atoms with Crippen LogP contribution in [-0.4, -0.2) is 35.2 Å². The van der Waals surface area contributed by atoms with E-state index in [4.69, 9.17) is 9.84 Å². The lowest BCUT2D eigenvalue weighted by Gasteiger charge is -2.41. The Balaban J connectivity index is 1.91. The van der Waals surface area contributed by atoms with Crippen molar-refractivity contribution in [3.05, 3.63) is 23.9 Å². The van der Waals surface area contributed by atoms with Crippen LogP contribution < -0.4 is 5.32 Å². The molecule has 1 fully saturated rings. The summed E-state index contributed by atoms with van der Waals surface area (Å²) in [6.45, 7) is 2.67. The molecule has 0 aliphatic heterocycles. The lowest BCUT2D eigenvalue weighted by atomic mass is 9.66. The molecule has 1 aliphatic carbocycles. The molecule has 6 heteroatoms. The van der Waals surface area contributed by atoms with Gasteiger partial charge in [-0.25, -0.2) is 9.78 Å². The summed E-state index contributed by atoms with van der Waals surface area (Å²) < 4.78 is 4.89. The van der Waals surface area contributed by atoms with Gasteiger partial charge in [0.15, 0.2) is 0 Å². The van der Waals surface area contributed by atoms with Gasteiger partial charge in [0.05, 0.1) is 18.6 Å². The lowest BCUT2D eigenvalue weighted by Crippen LogP contribution is -2.38. The second-order valence-electron chi connectivity index (χ2n) is 5.43. The second kappa shape index (κ2) is 6.56. The number of carbonyl (C=O) groups is 2. The number of aliphatic carboxylic acids is 1. The Morgan fingerprint density at radius 3 is 2.67 bits per heavy atom. The van der Waals surface area contributed by atoms with E-state index in [0.29, 0.717) is 24.5 Å². The summed E-state index contributed by atoms with van der Waals surface area (Å²) in [5.41, 5.74) is 0.249. The smallest absolute Gasteiger partial charge is 0.339 e. The van der Waals surface area contributed by atoms with Gasteiger partial charge < -0.3 is 15.2 Å². The van der Waals surface area contributed by atoms with Crippen LogP contribution in [0.1, 0.15) is 43.0 Å². The Labute approximate surface area is 123 Å². The number of nitrogens with one attached hydrogen (secondary N) is 1. The molecule has 21 heavy (non-hydrogen) atoms. The Morgan fingerprint density at radius 1 is 1.43 bits per heavy atom. The van der Waals surface area contributed by atoms with E-state index in [1.54, 1.807) is 19.1 Å². The minimum absolute atomic E-state index is 0.159. The van der Waals surface area contributed by atoms with E-state index in [0.717, 1.165) is 19.3 Å². The molecular weight excluding hydrogens is 272 g/mol. The van der Waals surface area contributed by atoms with Gasteiger partial charge >= 0.3 is 11.9 Å². The molecule has 0 spiro atoms. The number of anilines is 1. The fourth-order valence-corrected chi connectivity index (χ4v) is 2.53. The Bertz CT molecular complexity index is 509. The van der Waals surface area contributed by atoms with Crippen LogP contribution in [-0.2, 0) is 9.53 Å². The van der Waals surface area contributed by atoms with Crippen molar-refractivity contribution in [1.29, 1.82) is 0 Å². The number of carboxylic acid groups (broad SMARTS) is 1. The number of pyridine rings is 1. The molecule has 6 nitrogen and oxygen atoms in total. The fourth-order valence-electron chi connectivity index (χ4n) is 2.53. The minimum Gasteiger partial charge on any atom is -0.481 e. The molecule has 0 bridgehead atoms. The number of nitrogens with zero attached hydrogens (tertiary/aromatic N) is 1. The molecule has 0 unspecified atom stereocenters. The highest BCUT2D eigenvalue weighted by Gasteiger charge is 2.38. The van der Waals surface area contributed by atoms with Crippen LogP contribution >= 0.6 is 0 Å². The lowest BCUT2D eigenvalue weighted by molar-refractivity contribution is -0.141. The zero-order valence-electron chi connectivity index (χ0n) is 12.1. The van der Waals surface area contributed by atoms with Gasteiger partial charge in [-0.05, 0) is 37.3 Å². The largest absolute Gasteiger partial charge is 0.481 e. The van der Waals surface area contributed by atoms with Gasteiger partial charge in [0.25, 0.3) is 0 Å². The summed E-state index contributed by atoms with van der Waals surface area (Å²) in [7, 11) is 0. The van der Waals surface area contributed by atoms with E-state index in [9.17, 15) is 9.59 Å². The number of esters is 1. The molecule has 1 aliphatic rings. The summed E-state index contributed by atoms with van der Waals surface area (Å²) in [4.78, 5) is 26.6. The fraction of sp³-hybridized carbons (Fsp3) is 0.533. The predicted molar refractivity (Wildman–Crippen MR) is 77.2 cm³/mol. The third kappa shape index (κ3) is 3.93. The first-order chi connectivity index (χ1) is 10.0. The summed E-state index contributed by atoms with van der Waals surface area (Å²) >= 11 is 0. The van der Waals surface area contributed by atoms with Crippen LogP contribution in [0.5, 0.6) is 0 Å². The third-order valence-electron chi connectivity index (χ3n) is 3.86. The summed E-state index contributed by atoms with van der Waals surface area (Å²) in [6.07, 6.45) is 4.57. The standard InChI is InChI=1S/C15H20N2O4/c1-2-21-14(20)11-4-5-12(16-9-11)17-10-15(6-3-7-15)8-13(18)19/h4-5,9H,2-3,6-8,10H2,1H3,(H,16,17)(H,18,19). The van der Waals surface area contributed by atoms with Crippen molar-refractivity contribution < 1.29 is 19.4 Å². The van der Waals surface area contributed by atoms with E-state index < -0.39 is 11.9 Å². The van der Waals surface area contributed by atoms with Crippen molar-refractivity contribution in [3.63, 3.8) is 0 Å². The minimum atomic E-state index is -0.762. The summed E-state index contributed by atoms with van der Waals surface area (Å²) in [5, 5.41) is 12.1. The normalized spacial score (nSPS) is 15.9. The molecule has 114 valence electrons. The second-order valence-corrected chi connectivity index (χ2v) is 5.43. The Morgan fingerprint density at radius 2 is 2.19 bits per heavy atom. The molecule has 1 saturated carbocycles. The van der Waals surface area contributed by atoms with Crippen LogP contribution in [0.3, 0.4) is 0 Å². The monoisotopic (exact) mass is 292 g/mol. The maximum atomic E-state index is 11.5. The molecular formula is C15H20N2O4. The van der Waals surface area contributed by atoms with Gasteiger partial charge in [-0.2, -0.15) is 0 Å². The van der Waals surface area contributed by atoms with Crippen LogP contribution in [0, 0.1) is 5.41 Å². The molecule has 2 N–H and O–H groups in total. The van der Waals surface area contributed by atoms with Gasteiger partial charge in [0.1, 0.15) is 5.82 Å². The van der Waals surface area contributed by atoms with E-state index in [-0.39, 0.29) is 11.8 Å². The summed E-state index contributed by atoms with van der Waals surface area (Å²) in [6, 6.07) is 3.36. The van der Waals surface area contributed by atoms with Gasteiger partial charge in [-0.15, -0.1) is 0 Å². The molecule has 2 rings (SSSR count). The maximum Gasteiger partial charge on any atom is 0.339 e. The van der Waals surface area contributed by atoms with Crippen molar-refractivity contribution in [2.45, 2.75) is 32.6 Å². The van der Waals surface area contributed by atoms with E-state index in [2.05, 4.69) is 10.3 Å². The SMILES string of the molecule is CCOC(=O)c1ccc(NCC2(CC(=O)O)CCC2)nc1. The molecule has 0 atom stereocenters. The van der Waals surface area contributed by atoms with Crippen molar-refractivity contribution in [3.8, 4) is 0 Å². The van der Waals surface area contributed by atoms with Gasteiger partial charge in [0.2, 0.25) is 0 Å². The Hall–Kier alpha value is -2.11. The predicted octanol–water partition coefficient (Wildman–Crippen LogP) is 2.32. The number of hydrogen-bond donors (Lipinski definition) is 2. The number of hydrogen-bond acceptors (Lipinski definition) is 5. The molecule has 0 amide bonds. The van der Waals surface area contributed by atoms with Crippen LogP contribution in [0.15, 0.2) is 18.3 Å². The molecule has 0 radical (unpaired) electrons. The number of carbonyl (C=O) groups excluding carboxylic acids is 1. The van der Waals surface area contributed by atoms with Crippen molar-refractivity contribution in [2.24, 2.45) is 5.41 Å². The first-order valence-corrected chi connectivity index (χ1v) is 7.13. The number of rotatable bonds is 7. The number of ether oxygens (including phenoxy) is 1. The van der Waals surface area contributed by atoms with E-state index >= 15 is 0 Å². The van der Waals surface area contributed by atoms with Crippen LogP contribution in [0.4, 0.5) is 5.82 Å². The maximum absolute atomic E-state index is 11.5. The highest BCUT2D eigenvalue weighted by Crippen LogP contribution is 2.43. The van der Waals surface area contributed by atoms with Gasteiger partial charge in [-0.3, -0.25) is 4.79 Å². The zero-order valence-corrected chi connectivity index (χ0v) is 12.1. The Kier molecular flexibility index (Phi) is 4.77. The van der Waals surface area contributed by atoms with E-state index in [1.807, 2.05) is 0 Å². The van der Waals surface area contributed by atoms with Crippen molar-refractivity contribution >= 4 is 17.8 Å². The highest BCUT2D eigenvalue weighted by atomic mass is 16.5. The van der Waals surface area contributed by atoms with Gasteiger partial charge in [0, 0.05) is 12.7 Å². The molecule has 0 saturated heterocycles. The molecule has 1 heterocycles. The highest BCUT2D eigenvalue weighted by molar-refractivity contribution is 5.89. The average molecular weight is 292 g/mol. The first kappa shape index (κ1) is 15.3.